The fourth-order valence-electron chi connectivity index (χ4n) is 1.47. The second-order valence-electron chi connectivity index (χ2n) is 3.88. The molecule has 2 fully saturated rings. The van der Waals surface area contributed by atoms with Gasteiger partial charge in [0.1, 0.15) is 0 Å². The lowest BCUT2D eigenvalue weighted by Crippen LogP contribution is -2.52. The lowest BCUT2D eigenvalue weighted by molar-refractivity contribution is -0.146. The van der Waals surface area contributed by atoms with Crippen molar-refractivity contribution in [1.82, 2.24) is 4.90 Å². The third-order valence-electron chi connectivity index (χ3n) is 2.57. The lowest BCUT2D eigenvalue weighted by Gasteiger charge is -2.34. The van der Waals surface area contributed by atoms with E-state index in [0.717, 1.165) is 19.4 Å². The number of carboxylic acids is 1. The number of hydrogen-bond acceptors (Lipinski definition) is 5. The molecule has 2 heterocycles. The number of likely N-dealkylation sites (tertiary alicyclic amines) is 1. The molecular weight excluding hydrogens is 230 g/mol. The fourth-order valence-corrected chi connectivity index (χ4v) is 1.47. The smallest absolute Gasteiger partial charge is 0.409 e. The second-order valence-corrected chi connectivity index (χ2v) is 3.88. The van der Waals surface area contributed by atoms with Gasteiger partial charge in [0.05, 0.1) is 13.0 Å². The van der Waals surface area contributed by atoms with Crippen LogP contribution in [-0.4, -0.2) is 60.3 Å². The van der Waals surface area contributed by atoms with Crippen molar-refractivity contribution < 1.29 is 29.3 Å². The van der Waals surface area contributed by atoms with Crippen molar-refractivity contribution in [2.45, 2.75) is 19.1 Å². The van der Waals surface area contributed by atoms with Crippen LogP contribution in [0.2, 0.25) is 0 Å². The zero-order valence-electron chi connectivity index (χ0n) is 9.66. The summed E-state index contributed by atoms with van der Waals surface area (Å²) in [7, 11) is 1.27. The maximum absolute atomic E-state index is 10.7. The van der Waals surface area contributed by atoms with Crippen LogP contribution in [0.15, 0.2) is 0 Å². The Hall–Kier alpha value is -1.34. The molecule has 2 aliphatic heterocycles. The van der Waals surface area contributed by atoms with E-state index >= 15 is 0 Å². The van der Waals surface area contributed by atoms with Gasteiger partial charge >= 0.3 is 12.1 Å². The van der Waals surface area contributed by atoms with Crippen molar-refractivity contribution in [1.29, 1.82) is 0 Å². The van der Waals surface area contributed by atoms with Crippen LogP contribution in [-0.2, 0) is 14.3 Å². The van der Waals surface area contributed by atoms with Crippen molar-refractivity contribution in [3.63, 3.8) is 0 Å². The van der Waals surface area contributed by atoms with E-state index < -0.39 is 24.3 Å². The van der Waals surface area contributed by atoms with Gasteiger partial charge < -0.3 is 24.6 Å². The van der Waals surface area contributed by atoms with Gasteiger partial charge in [-0.3, -0.25) is 4.79 Å². The number of carboxylic acid groups (broad SMARTS) is 1. The predicted octanol–water partition coefficient (Wildman–Crippen LogP) is -0.116. The molecule has 0 radical (unpaired) electrons. The number of hydrogen-bond donors (Lipinski definition) is 2. The monoisotopic (exact) mass is 247 g/mol. The summed E-state index contributed by atoms with van der Waals surface area (Å²) in [6.07, 6.45) is 0.925. The molecule has 0 aromatic rings. The van der Waals surface area contributed by atoms with Gasteiger partial charge in [-0.25, -0.2) is 4.79 Å². The van der Waals surface area contributed by atoms with Gasteiger partial charge in [-0.05, 0) is 6.42 Å². The highest BCUT2D eigenvalue weighted by Crippen LogP contribution is 2.15. The van der Waals surface area contributed by atoms with E-state index in [0.29, 0.717) is 0 Å². The Balaban J connectivity index is 0.000000202. The van der Waals surface area contributed by atoms with Crippen LogP contribution in [0.5, 0.6) is 0 Å². The molecule has 0 bridgehead atoms. The number of carbonyl (C=O) groups is 2. The first-order valence-electron chi connectivity index (χ1n) is 5.40. The number of ether oxygens (including phenoxy) is 2. The Morgan fingerprint density at radius 2 is 2.06 bits per heavy atom. The summed E-state index contributed by atoms with van der Waals surface area (Å²) in [6.45, 7) is 1.27. The molecule has 0 spiro atoms. The Morgan fingerprint density at radius 1 is 1.41 bits per heavy atom. The summed E-state index contributed by atoms with van der Waals surface area (Å²) < 4.78 is 9.08. The molecular formula is C10H17NO6. The molecule has 0 aliphatic carbocycles. The molecule has 0 aromatic carbocycles. The van der Waals surface area contributed by atoms with Crippen molar-refractivity contribution >= 4 is 12.1 Å². The Morgan fingerprint density at radius 3 is 2.35 bits per heavy atom. The Kier molecular flexibility index (Phi) is 5.17. The van der Waals surface area contributed by atoms with E-state index in [1.54, 1.807) is 0 Å². The van der Waals surface area contributed by atoms with Crippen LogP contribution in [0.1, 0.15) is 12.8 Å². The minimum atomic E-state index is -0.856. The summed E-state index contributed by atoms with van der Waals surface area (Å²) in [5, 5.41) is 16.9. The first kappa shape index (κ1) is 13.7. The summed E-state index contributed by atoms with van der Waals surface area (Å²) in [5.41, 5.74) is 0. The summed E-state index contributed by atoms with van der Waals surface area (Å²) >= 11 is 0. The van der Waals surface area contributed by atoms with Crippen molar-refractivity contribution in [2.24, 2.45) is 5.92 Å². The van der Waals surface area contributed by atoms with E-state index in [4.69, 9.17) is 14.9 Å². The van der Waals surface area contributed by atoms with Gasteiger partial charge in [0.25, 0.3) is 0 Å². The van der Waals surface area contributed by atoms with Crippen LogP contribution in [0, 0.1) is 5.92 Å². The molecule has 17 heavy (non-hydrogen) atoms. The molecule has 1 amide bonds. The largest absolute Gasteiger partial charge is 0.481 e. The van der Waals surface area contributed by atoms with Crippen molar-refractivity contribution in [3.05, 3.63) is 0 Å². The minimum Gasteiger partial charge on any atom is -0.481 e. The van der Waals surface area contributed by atoms with Crippen LogP contribution in [0.25, 0.3) is 0 Å². The number of aliphatic hydroxyl groups excluding tert-OH is 1. The number of methoxy groups -OCH3 is 1. The molecule has 1 unspecified atom stereocenters. The number of aliphatic carboxylic acids is 1. The molecule has 0 saturated carbocycles. The van der Waals surface area contributed by atoms with Gasteiger partial charge in [0.2, 0.25) is 0 Å². The molecule has 1 atom stereocenters. The summed E-state index contributed by atoms with van der Waals surface area (Å²) in [4.78, 5) is 22.3. The third kappa shape index (κ3) is 4.20. The first-order chi connectivity index (χ1) is 8.04. The van der Waals surface area contributed by atoms with Gasteiger partial charge in [0.15, 0.2) is 6.29 Å². The van der Waals surface area contributed by atoms with Crippen molar-refractivity contribution in [3.8, 4) is 0 Å². The number of carbonyl (C=O) groups excluding carboxylic acids is 1. The molecule has 7 nitrogen and oxygen atoms in total. The van der Waals surface area contributed by atoms with E-state index in [2.05, 4.69) is 4.74 Å². The summed E-state index contributed by atoms with van der Waals surface area (Å²) in [5.74, 6) is -1.26. The predicted molar refractivity (Wildman–Crippen MR) is 56.3 cm³/mol. The quantitative estimate of drug-likeness (QED) is 0.670. The number of nitrogens with zero attached hydrogens (tertiary/aromatic N) is 1. The second kappa shape index (κ2) is 6.41. The average molecular weight is 247 g/mol. The fraction of sp³-hybridized carbons (Fsp3) is 0.800. The minimum absolute atomic E-state index is 0.266. The first-order valence-corrected chi connectivity index (χ1v) is 5.40. The van der Waals surface area contributed by atoms with Gasteiger partial charge in [-0.2, -0.15) is 0 Å². The van der Waals surface area contributed by atoms with Gasteiger partial charge in [0, 0.05) is 26.1 Å². The highest BCUT2D eigenvalue weighted by atomic mass is 16.6. The molecule has 98 valence electrons. The molecule has 7 heteroatoms. The standard InChI is InChI=1S/C6H9NO4.C4H8O2/c1-11-6(10)7-2-4(3-7)5(8)9;5-4-2-1-3-6-4/h4H,2-3H2,1H3,(H,8,9);4-5H,1-3H2. The number of amides is 1. The highest BCUT2D eigenvalue weighted by molar-refractivity contribution is 5.76. The lowest BCUT2D eigenvalue weighted by atomic mass is 10.0. The average Bonchev–Trinajstić information content (AvgIpc) is 2.67. The van der Waals surface area contributed by atoms with Crippen LogP contribution in [0.4, 0.5) is 4.79 Å². The van der Waals surface area contributed by atoms with Crippen molar-refractivity contribution in [2.75, 3.05) is 26.8 Å². The van der Waals surface area contributed by atoms with Gasteiger partial charge in [-0.1, -0.05) is 0 Å². The molecule has 2 saturated heterocycles. The van der Waals surface area contributed by atoms with E-state index in [1.165, 1.54) is 12.0 Å². The topological polar surface area (TPSA) is 96.3 Å². The van der Waals surface area contributed by atoms with E-state index in [1.807, 2.05) is 0 Å². The normalized spacial score (nSPS) is 23.4. The molecule has 2 rings (SSSR count). The Labute approximate surface area is 98.9 Å². The maximum atomic E-state index is 10.7. The van der Waals surface area contributed by atoms with Gasteiger partial charge in [-0.15, -0.1) is 0 Å². The number of aliphatic hydroxyl groups is 1. The number of rotatable bonds is 1. The van der Waals surface area contributed by atoms with Crippen LogP contribution >= 0.6 is 0 Å². The van der Waals surface area contributed by atoms with E-state index in [-0.39, 0.29) is 13.1 Å². The maximum Gasteiger partial charge on any atom is 0.409 e. The third-order valence-corrected chi connectivity index (χ3v) is 2.57. The van der Waals surface area contributed by atoms with Crippen LogP contribution < -0.4 is 0 Å². The SMILES string of the molecule is COC(=O)N1CC(C(=O)O)C1.OC1CCCO1. The Bertz CT molecular complexity index is 270. The molecule has 2 aliphatic rings. The highest BCUT2D eigenvalue weighted by Gasteiger charge is 2.35. The zero-order valence-corrected chi connectivity index (χ0v) is 9.66. The van der Waals surface area contributed by atoms with Crippen LogP contribution in [0.3, 0.4) is 0 Å². The molecule has 2 N–H and O–H groups in total. The zero-order chi connectivity index (χ0) is 12.8. The van der Waals surface area contributed by atoms with E-state index in [9.17, 15) is 9.59 Å². The summed E-state index contributed by atoms with van der Waals surface area (Å²) in [6, 6.07) is 0. The molecule has 0 aromatic heterocycles.